The Labute approximate surface area is 203 Å². The molecule has 34 heavy (non-hydrogen) atoms. The number of nitrogens with one attached hydrogen (secondary N) is 3. The Bertz CT molecular complexity index is 1350. The number of carbonyl (C=O) groups is 1. The topological polar surface area (TPSA) is 85.9 Å². The van der Waals surface area contributed by atoms with E-state index in [0.29, 0.717) is 5.92 Å². The van der Waals surface area contributed by atoms with Gasteiger partial charge in [-0.3, -0.25) is 0 Å². The molecule has 7 nitrogen and oxygen atoms in total. The molecule has 1 aliphatic heterocycles. The van der Waals surface area contributed by atoms with Gasteiger partial charge in [0.1, 0.15) is 17.8 Å². The van der Waals surface area contributed by atoms with Crippen molar-refractivity contribution in [1.29, 1.82) is 0 Å². The highest BCUT2D eigenvalue weighted by molar-refractivity contribution is 5.90. The van der Waals surface area contributed by atoms with Crippen LogP contribution in [-0.4, -0.2) is 34.1 Å². The van der Waals surface area contributed by atoms with Crippen molar-refractivity contribution >= 4 is 28.6 Å². The normalized spacial score (nSPS) is 19.7. The first kappa shape index (κ1) is 20.7. The Hall–Kier alpha value is -3.87. The summed E-state index contributed by atoms with van der Waals surface area (Å²) in [5.74, 6) is 1.37. The van der Waals surface area contributed by atoms with Gasteiger partial charge in [0.15, 0.2) is 0 Å². The summed E-state index contributed by atoms with van der Waals surface area (Å²) in [5, 5.41) is 7.26. The molecule has 0 spiro atoms. The number of nitrogens with zero attached hydrogens (tertiary/aromatic N) is 3. The number of anilines is 2. The third-order valence-electron chi connectivity index (χ3n) is 7.11. The van der Waals surface area contributed by atoms with E-state index in [1.165, 1.54) is 16.7 Å². The predicted octanol–water partition coefficient (Wildman–Crippen LogP) is 5.89. The third-order valence-corrected chi connectivity index (χ3v) is 7.11. The lowest BCUT2D eigenvalue weighted by Gasteiger charge is -2.34. The molecule has 0 radical (unpaired) electrons. The second kappa shape index (κ2) is 8.82. The highest BCUT2D eigenvalue weighted by Crippen LogP contribution is 2.33. The molecule has 2 aromatic heterocycles. The van der Waals surface area contributed by atoms with Crippen molar-refractivity contribution in [2.75, 3.05) is 23.3 Å². The van der Waals surface area contributed by atoms with Crippen LogP contribution in [0, 0.1) is 0 Å². The Morgan fingerprint density at radius 2 is 2.03 bits per heavy atom. The van der Waals surface area contributed by atoms with Crippen LogP contribution in [-0.2, 0) is 6.42 Å². The van der Waals surface area contributed by atoms with E-state index in [-0.39, 0.29) is 16.4 Å². The summed E-state index contributed by atoms with van der Waals surface area (Å²) in [5.41, 5.74) is 5.50. The lowest BCUT2D eigenvalue weighted by molar-refractivity contribution is 0.248. The van der Waals surface area contributed by atoms with Gasteiger partial charge in [-0.25, -0.2) is 14.8 Å². The van der Waals surface area contributed by atoms with E-state index in [1.54, 1.807) is 6.33 Å². The number of hydrogen-bond donors (Lipinski definition) is 3. The lowest BCUT2D eigenvalue weighted by Crippen LogP contribution is -2.35. The van der Waals surface area contributed by atoms with E-state index in [9.17, 15) is 4.79 Å². The van der Waals surface area contributed by atoms with Crippen LogP contribution < -0.4 is 15.5 Å². The van der Waals surface area contributed by atoms with Crippen LogP contribution in [0.15, 0.2) is 67.1 Å². The highest BCUT2D eigenvalue weighted by Gasteiger charge is 2.25. The second-order valence-electron chi connectivity index (χ2n) is 9.24. The van der Waals surface area contributed by atoms with Crippen molar-refractivity contribution in [2.45, 2.75) is 37.6 Å². The van der Waals surface area contributed by atoms with Crippen molar-refractivity contribution in [3.8, 4) is 0 Å². The van der Waals surface area contributed by atoms with Crippen molar-refractivity contribution < 1.29 is 9.07 Å². The van der Waals surface area contributed by atoms with Gasteiger partial charge in [-0.2, -0.15) is 0 Å². The van der Waals surface area contributed by atoms with E-state index in [2.05, 4.69) is 60.8 Å². The van der Waals surface area contributed by atoms with Crippen LogP contribution in [0.3, 0.4) is 0 Å². The molecule has 2 aromatic carbocycles. The number of aromatic amines is 1. The maximum Gasteiger partial charge on any atom is 0.319 e. The molecule has 2 amide bonds. The first-order chi connectivity index (χ1) is 16.7. The third kappa shape index (κ3) is 3.98. The molecule has 1 fully saturated rings. The number of hydrogen-bond acceptors (Lipinski definition) is 4. The fourth-order valence-electron chi connectivity index (χ4n) is 5.46. The van der Waals surface area contributed by atoms with Crippen molar-refractivity contribution in [1.82, 2.24) is 20.3 Å². The molecule has 1 saturated heterocycles. The zero-order chi connectivity index (χ0) is 22.9. The van der Waals surface area contributed by atoms with Gasteiger partial charge >= 0.3 is 6.03 Å². The quantitative estimate of drug-likeness (QED) is 0.356. The minimum atomic E-state index is -0.153. The molecular formula is C27H34N6O. The minimum Gasteiger partial charge on any atom is -0.355 e. The standard InChI is InChI=1S/C27H28N6O.3H2/c34-27(32-24-11-10-18-5-1-2-9-22(18)24)31-21-8-3-6-19(15-21)20-7-4-14-33(16-20)26-23-12-13-28-25(23)29-17-30-26;;;/h1-3,5-6,8-9,12-13,15,17,20,24H,4,7,10-11,14,16H2,(H,28,29,30)(H2,31,32,34);3*1H/t20?,24-;;;/m1.../s1. The van der Waals surface area contributed by atoms with Crippen LogP contribution in [0.4, 0.5) is 16.3 Å². The average molecular weight is 459 g/mol. The summed E-state index contributed by atoms with van der Waals surface area (Å²) in [4.78, 5) is 27.2. The number of aryl methyl sites for hydroxylation is 1. The predicted molar refractivity (Wildman–Crippen MR) is 141 cm³/mol. The molecule has 6 rings (SSSR count). The zero-order valence-corrected chi connectivity index (χ0v) is 19.0. The van der Waals surface area contributed by atoms with Crippen LogP contribution >= 0.6 is 0 Å². The first-order valence-corrected chi connectivity index (χ1v) is 12.0. The van der Waals surface area contributed by atoms with E-state index in [0.717, 1.165) is 61.3 Å². The van der Waals surface area contributed by atoms with E-state index < -0.39 is 0 Å². The summed E-state index contributed by atoms with van der Waals surface area (Å²) in [7, 11) is 0. The number of fused-ring (bicyclic) bond motifs is 2. The summed E-state index contributed by atoms with van der Waals surface area (Å²) >= 11 is 0. The highest BCUT2D eigenvalue weighted by atomic mass is 16.2. The van der Waals surface area contributed by atoms with Gasteiger partial charge in [-0.15, -0.1) is 0 Å². The molecule has 2 atom stereocenters. The van der Waals surface area contributed by atoms with Gasteiger partial charge in [0.25, 0.3) is 0 Å². The maximum absolute atomic E-state index is 12.8. The van der Waals surface area contributed by atoms with Gasteiger partial charge in [0, 0.05) is 35.2 Å². The van der Waals surface area contributed by atoms with Gasteiger partial charge in [0.05, 0.1) is 11.4 Å². The minimum absolute atomic E-state index is 0. The molecule has 7 heteroatoms. The number of piperidine rings is 1. The van der Waals surface area contributed by atoms with E-state index >= 15 is 0 Å². The number of amides is 2. The van der Waals surface area contributed by atoms with Crippen molar-refractivity contribution in [3.63, 3.8) is 0 Å². The fourth-order valence-corrected chi connectivity index (χ4v) is 5.46. The smallest absolute Gasteiger partial charge is 0.319 e. The monoisotopic (exact) mass is 458 g/mol. The molecule has 178 valence electrons. The van der Waals surface area contributed by atoms with Crippen molar-refractivity contribution in [2.24, 2.45) is 0 Å². The van der Waals surface area contributed by atoms with Crippen LogP contribution in [0.25, 0.3) is 11.0 Å². The Morgan fingerprint density at radius 3 is 3.00 bits per heavy atom. The summed E-state index contributed by atoms with van der Waals surface area (Å²) < 4.78 is 0. The number of benzene rings is 2. The van der Waals surface area contributed by atoms with Crippen LogP contribution in [0.5, 0.6) is 0 Å². The lowest BCUT2D eigenvalue weighted by atomic mass is 9.90. The number of H-pyrrole nitrogens is 1. The van der Waals surface area contributed by atoms with Gasteiger partial charge in [-0.1, -0.05) is 36.4 Å². The summed E-state index contributed by atoms with van der Waals surface area (Å²) in [6.45, 7) is 1.88. The SMILES string of the molecule is O=C(Nc1cccc(C2CCCN(c3ncnc4[nH]ccc34)C2)c1)N[C@@H]1CCc2ccccc21.[HH].[HH].[HH]. The van der Waals surface area contributed by atoms with Crippen LogP contribution in [0.2, 0.25) is 0 Å². The molecule has 0 saturated carbocycles. The molecule has 0 bridgehead atoms. The first-order valence-electron chi connectivity index (χ1n) is 12.0. The zero-order valence-electron chi connectivity index (χ0n) is 19.0. The summed E-state index contributed by atoms with van der Waals surface area (Å²) in [6.07, 6.45) is 7.71. The van der Waals surface area contributed by atoms with Gasteiger partial charge in [0.2, 0.25) is 0 Å². The molecular weight excluding hydrogens is 424 g/mol. The number of rotatable bonds is 4. The molecule has 4 aromatic rings. The maximum atomic E-state index is 12.8. The summed E-state index contributed by atoms with van der Waals surface area (Å²) in [6, 6.07) is 18.6. The molecule has 2 aliphatic rings. The van der Waals surface area contributed by atoms with Gasteiger partial charge in [-0.05, 0) is 60.6 Å². The molecule has 3 heterocycles. The van der Waals surface area contributed by atoms with Crippen molar-refractivity contribution in [3.05, 3.63) is 83.8 Å². The number of carbonyl (C=O) groups excluding carboxylic acids is 1. The molecule has 1 aliphatic carbocycles. The Balaban J connectivity index is 0.00000127. The molecule has 3 N–H and O–H groups in total. The Kier molecular flexibility index (Phi) is 5.37. The van der Waals surface area contributed by atoms with Crippen LogP contribution in [0.1, 0.15) is 52.2 Å². The number of aromatic nitrogens is 3. The van der Waals surface area contributed by atoms with E-state index in [4.69, 9.17) is 0 Å². The van der Waals surface area contributed by atoms with E-state index in [1.807, 2.05) is 30.5 Å². The number of urea groups is 1. The Morgan fingerprint density at radius 1 is 1.09 bits per heavy atom. The molecule has 1 unspecified atom stereocenters. The van der Waals surface area contributed by atoms with Gasteiger partial charge < -0.3 is 20.5 Å². The largest absolute Gasteiger partial charge is 0.355 e. The second-order valence-corrected chi connectivity index (χ2v) is 9.24. The fraction of sp³-hybridized carbons (Fsp3) is 0.296. The average Bonchev–Trinajstić information content (AvgIpc) is 3.51.